The number of aliphatic hydroxyl groups excluding tert-OH is 1. The van der Waals surface area contributed by atoms with Crippen LogP contribution in [-0.4, -0.2) is 23.4 Å². The molecule has 0 bridgehead atoms. The highest BCUT2D eigenvalue weighted by molar-refractivity contribution is 8.00. The number of methoxy groups -OCH3 is 1. The van der Waals surface area contributed by atoms with Gasteiger partial charge in [-0.25, -0.2) is 4.79 Å². The van der Waals surface area contributed by atoms with Crippen LogP contribution < -0.4 is 5.43 Å². The number of unbranched alkanes of at least 4 members (excludes halogenated alkanes) is 6. The zero-order valence-electron chi connectivity index (χ0n) is 26.0. The summed E-state index contributed by atoms with van der Waals surface area (Å²) >= 11 is 1.19. The van der Waals surface area contributed by atoms with E-state index >= 15 is 0 Å². The van der Waals surface area contributed by atoms with Gasteiger partial charge in [-0.2, -0.15) is 13.2 Å². The Kier molecular flexibility index (Phi) is 12.7. The lowest BCUT2D eigenvalue weighted by Gasteiger charge is -2.21. The molecular weight excluding hydrogens is 613 g/mol. The van der Waals surface area contributed by atoms with E-state index in [1.54, 1.807) is 24.3 Å². The third kappa shape index (κ3) is 9.84. The fourth-order valence-electron chi connectivity index (χ4n) is 5.15. The molecule has 5 nitrogen and oxygen atoms in total. The molecule has 46 heavy (non-hydrogen) atoms. The molecule has 1 aromatic heterocycles. The number of aryl methyl sites for hydroxylation is 1. The maximum Gasteiger partial charge on any atom is 0.416 e. The number of thioether (sulfide) groups is 1. The maximum atomic E-state index is 13.5. The van der Waals surface area contributed by atoms with Crippen LogP contribution in [-0.2, 0) is 17.3 Å². The molecule has 0 aliphatic carbocycles. The number of esters is 1. The van der Waals surface area contributed by atoms with Crippen LogP contribution in [0.4, 0.5) is 13.2 Å². The topological polar surface area (TPSA) is 76.7 Å². The van der Waals surface area contributed by atoms with E-state index in [-0.39, 0.29) is 22.3 Å². The van der Waals surface area contributed by atoms with Crippen LogP contribution in [0.1, 0.15) is 90.8 Å². The first-order valence-corrected chi connectivity index (χ1v) is 16.4. The summed E-state index contributed by atoms with van der Waals surface area (Å²) in [6.07, 6.45) is 7.45. The Morgan fingerprint density at radius 3 is 2.37 bits per heavy atom. The number of rotatable bonds is 15. The van der Waals surface area contributed by atoms with Crippen LogP contribution in [0.5, 0.6) is 0 Å². The Bertz CT molecular complexity index is 1680. The van der Waals surface area contributed by atoms with Crippen molar-refractivity contribution in [1.29, 1.82) is 0 Å². The van der Waals surface area contributed by atoms with Crippen LogP contribution in [0, 0.1) is 0 Å². The number of hydrogen-bond donors (Lipinski definition) is 1. The van der Waals surface area contributed by atoms with Gasteiger partial charge in [0.05, 0.1) is 29.4 Å². The number of ether oxygens (including phenoxy) is 1. The van der Waals surface area contributed by atoms with Gasteiger partial charge < -0.3 is 14.3 Å². The number of alkyl halides is 3. The lowest BCUT2D eigenvalue weighted by atomic mass is 10.0. The van der Waals surface area contributed by atoms with Gasteiger partial charge in [0.2, 0.25) is 5.76 Å². The lowest BCUT2D eigenvalue weighted by molar-refractivity contribution is -0.137. The summed E-state index contributed by atoms with van der Waals surface area (Å²) in [5, 5.41) is 10.9. The Morgan fingerprint density at radius 2 is 1.67 bits per heavy atom. The normalized spacial score (nSPS) is 13.3. The van der Waals surface area contributed by atoms with E-state index in [0.29, 0.717) is 4.90 Å². The molecular formula is C37H39F3O5S. The second-order valence-electron chi connectivity index (χ2n) is 11.2. The van der Waals surface area contributed by atoms with Crippen LogP contribution in [0.3, 0.4) is 0 Å². The highest BCUT2D eigenvalue weighted by Gasteiger charge is 2.31. The number of aliphatic hydroxyl groups is 1. The fraction of sp³-hybridized carbons (Fsp3) is 0.351. The Hall–Kier alpha value is -3.82. The van der Waals surface area contributed by atoms with E-state index < -0.39 is 34.5 Å². The summed E-state index contributed by atoms with van der Waals surface area (Å²) in [4.78, 5) is 25.1. The Balaban J connectivity index is 1.56. The fourth-order valence-corrected chi connectivity index (χ4v) is 6.23. The molecule has 3 aromatic carbocycles. The number of benzene rings is 3. The monoisotopic (exact) mass is 652 g/mol. The first-order chi connectivity index (χ1) is 22.1. The average Bonchev–Trinajstić information content (AvgIpc) is 3.05. The van der Waals surface area contributed by atoms with Crippen molar-refractivity contribution in [3.8, 4) is 0 Å². The maximum absolute atomic E-state index is 13.5. The minimum absolute atomic E-state index is 0.113. The molecule has 0 unspecified atom stereocenters. The van der Waals surface area contributed by atoms with Gasteiger partial charge in [0.15, 0.2) is 5.43 Å². The van der Waals surface area contributed by atoms with Crippen LogP contribution in [0.15, 0.2) is 93.0 Å². The van der Waals surface area contributed by atoms with Crippen molar-refractivity contribution in [3.05, 3.63) is 117 Å². The molecule has 4 aromatic rings. The van der Waals surface area contributed by atoms with E-state index in [4.69, 9.17) is 4.42 Å². The molecule has 0 saturated heterocycles. The molecule has 0 aliphatic heterocycles. The van der Waals surface area contributed by atoms with E-state index in [2.05, 4.69) is 23.8 Å². The van der Waals surface area contributed by atoms with Gasteiger partial charge in [-0.1, -0.05) is 94.0 Å². The Labute approximate surface area is 271 Å². The smallest absolute Gasteiger partial charge is 0.416 e. The number of carbonyl (C=O) groups excluding carboxylic acids is 1. The highest BCUT2D eigenvalue weighted by atomic mass is 32.2. The summed E-state index contributed by atoms with van der Waals surface area (Å²) < 4.78 is 50.7. The molecule has 0 fully saturated rings. The molecule has 0 saturated carbocycles. The number of hydrogen-bond acceptors (Lipinski definition) is 6. The number of halogens is 3. The van der Waals surface area contributed by atoms with E-state index in [9.17, 15) is 27.9 Å². The zero-order chi connectivity index (χ0) is 33.1. The molecule has 0 aliphatic rings. The average molecular weight is 653 g/mol. The van der Waals surface area contributed by atoms with Crippen molar-refractivity contribution in [2.75, 3.05) is 7.11 Å². The molecule has 1 heterocycles. The van der Waals surface area contributed by atoms with Crippen molar-refractivity contribution >= 4 is 34.8 Å². The molecule has 244 valence electrons. The molecule has 9 heteroatoms. The minimum atomic E-state index is -4.56. The van der Waals surface area contributed by atoms with E-state index in [1.165, 1.54) is 75.1 Å². The summed E-state index contributed by atoms with van der Waals surface area (Å²) in [6, 6.07) is 18.6. The molecule has 1 N–H and O–H groups in total. The first kappa shape index (κ1) is 35.0. The van der Waals surface area contributed by atoms with Gasteiger partial charge in [0.1, 0.15) is 5.58 Å². The summed E-state index contributed by atoms with van der Waals surface area (Å²) in [7, 11) is 1.18. The molecule has 0 radical (unpaired) electrons. The lowest BCUT2D eigenvalue weighted by Crippen LogP contribution is -2.14. The van der Waals surface area contributed by atoms with Gasteiger partial charge in [-0.15, -0.1) is 11.8 Å². The zero-order valence-corrected chi connectivity index (χ0v) is 26.8. The third-order valence-corrected chi connectivity index (χ3v) is 8.97. The second-order valence-corrected chi connectivity index (χ2v) is 12.5. The van der Waals surface area contributed by atoms with E-state index in [1.807, 2.05) is 18.2 Å². The predicted molar refractivity (Wildman–Crippen MR) is 177 cm³/mol. The van der Waals surface area contributed by atoms with Crippen molar-refractivity contribution in [2.24, 2.45) is 0 Å². The van der Waals surface area contributed by atoms with Gasteiger partial charge >= 0.3 is 12.1 Å². The first-order valence-electron chi connectivity index (χ1n) is 15.5. The molecule has 0 spiro atoms. The van der Waals surface area contributed by atoms with Crippen molar-refractivity contribution in [3.63, 3.8) is 0 Å². The quantitative estimate of drug-likeness (QED) is 0.0783. The van der Waals surface area contributed by atoms with Crippen molar-refractivity contribution < 1.29 is 32.2 Å². The molecule has 4 rings (SSSR count). The van der Waals surface area contributed by atoms with Crippen LogP contribution >= 0.6 is 11.8 Å². The minimum Gasteiger partial charge on any atom is -0.463 e. The van der Waals surface area contributed by atoms with Crippen molar-refractivity contribution in [2.45, 2.75) is 80.7 Å². The number of fused-ring (bicyclic) bond motifs is 1. The molecule has 2 atom stereocenters. The van der Waals surface area contributed by atoms with Gasteiger partial charge in [0.25, 0.3) is 0 Å². The summed E-state index contributed by atoms with van der Waals surface area (Å²) in [6.45, 7) is 2.22. The largest absolute Gasteiger partial charge is 0.463 e. The molecule has 0 amide bonds. The number of carbonyl (C=O) groups is 1. The van der Waals surface area contributed by atoms with Gasteiger partial charge in [0, 0.05) is 11.0 Å². The highest BCUT2D eigenvalue weighted by Crippen LogP contribution is 2.37. The second kappa shape index (κ2) is 16.7. The standard InChI is InChI=1S/C37H39F3O5S/c1-3-4-5-6-7-8-9-11-25-14-16-26(17-15-25)18-21-34(35(42)27-12-10-13-28(22-27)37(38,39)40)46-29-19-20-30-31(41)24-33(36(43)44-2)45-32(30)23-29/h10,12-24,34-35,42H,3-9,11H2,1-2H3/t34-,35+/m1/s1. The predicted octanol–water partition coefficient (Wildman–Crippen LogP) is 9.80. The SMILES string of the molecule is CCCCCCCCCc1ccc(C=C[C@@H](Sc2ccc3c(=O)cc(C(=O)OC)oc3c2)[C@@H](O)c2cccc(C(F)(F)F)c2)cc1. The third-order valence-electron chi connectivity index (χ3n) is 7.75. The van der Waals surface area contributed by atoms with Crippen LogP contribution in [0.25, 0.3) is 17.0 Å². The summed E-state index contributed by atoms with van der Waals surface area (Å²) in [5.41, 5.74) is 1.11. The van der Waals surface area contributed by atoms with Gasteiger partial charge in [-0.05, 0) is 59.9 Å². The summed E-state index contributed by atoms with van der Waals surface area (Å²) in [5.74, 6) is -1.05. The van der Waals surface area contributed by atoms with Crippen LogP contribution in [0.2, 0.25) is 0 Å². The Morgan fingerprint density at radius 1 is 0.957 bits per heavy atom. The van der Waals surface area contributed by atoms with E-state index in [0.717, 1.165) is 36.6 Å². The van der Waals surface area contributed by atoms with Crippen molar-refractivity contribution in [1.82, 2.24) is 0 Å². The van der Waals surface area contributed by atoms with Gasteiger partial charge in [-0.3, -0.25) is 4.79 Å².